The van der Waals surface area contributed by atoms with E-state index in [2.05, 4.69) is 29.4 Å². The van der Waals surface area contributed by atoms with Gasteiger partial charge in [0, 0.05) is 25.1 Å². The molecule has 26 heavy (non-hydrogen) atoms. The van der Waals surface area contributed by atoms with E-state index in [9.17, 15) is 9.59 Å². The van der Waals surface area contributed by atoms with Crippen LogP contribution in [0.1, 0.15) is 42.4 Å². The van der Waals surface area contributed by atoms with Crippen LogP contribution < -0.4 is 10.6 Å². The Kier molecular flexibility index (Phi) is 7.89. The number of hydrogen-bond acceptors (Lipinski definition) is 4. The third-order valence-electron chi connectivity index (χ3n) is 4.29. The molecule has 0 spiro atoms. The Balaban J connectivity index is 1.78. The smallest absolute Gasteiger partial charge is 0.251 e. The number of hydrogen-bond donors (Lipinski definition) is 2. The summed E-state index contributed by atoms with van der Waals surface area (Å²) in [7, 11) is 0. The van der Waals surface area contributed by atoms with Crippen LogP contribution in [-0.2, 0) is 4.79 Å². The number of benzene rings is 1. The summed E-state index contributed by atoms with van der Waals surface area (Å²) >= 11 is 0. The van der Waals surface area contributed by atoms with Crippen LogP contribution >= 0.6 is 0 Å². The normalized spacial score (nSPS) is 12.0. The first-order valence-electron chi connectivity index (χ1n) is 9.03. The third-order valence-corrected chi connectivity index (χ3v) is 4.29. The Morgan fingerprint density at radius 3 is 2.38 bits per heavy atom. The summed E-state index contributed by atoms with van der Waals surface area (Å²) in [5, 5.41) is 5.70. The topological polar surface area (TPSA) is 74.6 Å². The minimum absolute atomic E-state index is 0.00265. The second-order valence-corrected chi connectivity index (χ2v) is 5.93. The maximum absolute atomic E-state index is 12.1. The number of nitrogens with zero attached hydrogens (tertiary/aromatic N) is 1. The lowest BCUT2D eigenvalue weighted by molar-refractivity contribution is -0.121. The van der Waals surface area contributed by atoms with Crippen molar-refractivity contribution in [1.82, 2.24) is 15.5 Å². The highest BCUT2D eigenvalue weighted by atomic mass is 16.3. The van der Waals surface area contributed by atoms with Gasteiger partial charge in [-0.15, -0.1) is 0 Å². The molecule has 0 fully saturated rings. The van der Waals surface area contributed by atoms with Gasteiger partial charge in [0.25, 0.3) is 5.91 Å². The van der Waals surface area contributed by atoms with Gasteiger partial charge in [0.05, 0.1) is 12.3 Å². The van der Waals surface area contributed by atoms with Crippen LogP contribution in [0.5, 0.6) is 0 Å². The highest BCUT2D eigenvalue weighted by molar-refractivity contribution is 5.94. The molecule has 6 heteroatoms. The molecule has 0 aliphatic carbocycles. The van der Waals surface area contributed by atoms with Crippen molar-refractivity contribution in [3.8, 4) is 0 Å². The van der Waals surface area contributed by atoms with Crippen LogP contribution in [-0.4, -0.2) is 42.9 Å². The second-order valence-electron chi connectivity index (χ2n) is 5.93. The second kappa shape index (κ2) is 10.4. The fourth-order valence-electron chi connectivity index (χ4n) is 2.83. The Morgan fingerprint density at radius 1 is 1.04 bits per heavy atom. The molecule has 1 aromatic heterocycles. The van der Waals surface area contributed by atoms with Crippen molar-refractivity contribution in [2.24, 2.45) is 0 Å². The zero-order valence-electron chi connectivity index (χ0n) is 15.4. The minimum Gasteiger partial charge on any atom is -0.468 e. The van der Waals surface area contributed by atoms with E-state index in [-0.39, 0.29) is 24.3 Å². The molecule has 6 nitrogen and oxygen atoms in total. The van der Waals surface area contributed by atoms with E-state index in [1.807, 2.05) is 30.3 Å². The van der Waals surface area contributed by atoms with Gasteiger partial charge in [-0.2, -0.15) is 0 Å². The molecule has 1 aromatic carbocycles. The molecule has 0 saturated heterocycles. The Bertz CT molecular complexity index is 667. The van der Waals surface area contributed by atoms with Gasteiger partial charge in [-0.1, -0.05) is 32.0 Å². The van der Waals surface area contributed by atoms with E-state index in [0.717, 1.165) is 18.8 Å². The zero-order valence-corrected chi connectivity index (χ0v) is 15.4. The van der Waals surface area contributed by atoms with E-state index in [1.165, 1.54) is 0 Å². The van der Waals surface area contributed by atoms with Crippen LogP contribution in [0.15, 0.2) is 53.1 Å². The van der Waals surface area contributed by atoms with Crippen LogP contribution in [0.2, 0.25) is 0 Å². The van der Waals surface area contributed by atoms with Crippen LogP contribution in [0.4, 0.5) is 0 Å². The van der Waals surface area contributed by atoms with Gasteiger partial charge in [-0.05, 0) is 37.4 Å². The van der Waals surface area contributed by atoms with Gasteiger partial charge >= 0.3 is 0 Å². The summed E-state index contributed by atoms with van der Waals surface area (Å²) in [5.74, 6) is 0.573. The van der Waals surface area contributed by atoms with Crippen molar-refractivity contribution in [2.75, 3.05) is 26.2 Å². The number of carbonyl (C=O) groups is 2. The average molecular weight is 357 g/mol. The number of amides is 2. The lowest BCUT2D eigenvalue weighted by Crippen LogP contribution is -2.39. The summed E-state index contributed by atoms with van der Waals surface area (Å²) in [6.07, 6.45) is 1.88. The maximum atomic E-state index is 12.1. The third kappa shape index (κ3) is 5.74. The summed E-state index contributed by atoms with van der Waals surface area (Å²) in [5.41, 5.74) is 0.590. The number of likely N-dealkylation sites (N-methyl/N-ethyl adjacent to an activating group) is 1. The molecule has 0 aliphatic rings. The SMILES string of the molecule is CCN(CC)C(CNC(=O)CCNC(=O)c1ccccc1)c1ccco1. The highest BCUT2D eigenvalue weighted by Gasteiger charge is 2.21. The predicted molar refractivity (Wildman–Crippen MR) is 101 cm³/mol. The molecule has 2 N–H and O–H groups in total. The Morgan fingerprint density at radius 2 is 1.77 bits per heavy atom. The van der Waals surface area contributed by atoms with E-state index in [4.69, 9.17) is 4.42 Å². The average Bonchev–Trinajstić information content (AvgIpc) is 3.20. The summed E-state index contributed by atoms with van der Waals surface area (Å²) in [6, 6.07) is 12.7. The molecule has 2 aromatic rings. The van der Waals surface area contributed by atoms with E-state index < -0.39 is 0 Å². The summed E-state index contributed by atoms with van der Waals surface area (Å²) in [4.78, 5) is 26.3. The van der Waals surface area contributed by atoms with Crippen molar-refractivity contribution >= 4 is 11.8 Å². The minimum atomic E-state index is -0.171. The quantitative estimate of drug-likeness (QED) is 0.685. The van der Waals surface area contributed by atoms with Crippen molar-refractivity contribution in [1.29, 1.82) is 0 Å². The number of rotatable bonds is 10. The van der Waals surface area contributed by atoms with E-state index >= 15 is 0 Å². The standard InChI is InChI=1S/C20H27N3O3/c1-3-23(4-2)17(18-11-8-14-26-18)15-22-19(24)12-13-21-20(25)16-9-6-5-7-10-16/h5-11,14,17H,3-4,12-13,15H2,1-2H3,(H,21,25)(H,22,24). The largest absolute Gasteiger partial charge is 0.468 e. The van der Waals surface area contributed by atoms with Gasteiger partial charge in [0.15, 0.2) is 0 Å². The molecule has 2 rings (SSSR count). The number of carbonyl (C=O) groups excluding carboxylic acids is 2. The summed E-state index contributed by atoms with van der Waals surface area (Å²) in [6.45, 7) is 6.67. The van der Waals surface area contributed by atoms with Crippen molar-refractivity contribution < 1.29 is 14.0 Å². The molecule has 0 bridgehead atoms. The van der Waals surface area contributed by atoms with Gasteiger partial charge in [-0.25, -0.2) is 0 Å². The first-order chi connectivity index (χ1) is 12.7. The molecule has 0 saturated carbocycles. The molecule has 1 atom stereocenters. The number of furan rings is 1. The fraction of sp³-hybridized carbons (Fsp3) is 0.400. The molecule has 0 radical (unpaired) electrons. The Hall–Kier alpha value is -2.60. The van der Waals surface area contributed by atoms with Gasteiger partial charge in [-0.3, -0.25) is 14.5 Å². The van der Waals surface area contributed by atoms with Gasteiger partial charge < -0.3 is 15.1 Å². The lowest BCUT2D eigenvalue weighted by Gasteiger charge is -2.28. The van der Waals surface area contributed by atoms with Crippen LogP contribution in [0.25, 0.3) is 0 Å². The van der Waals surface area contributed by atoms with Crippen molar-refractivity contribution in [3.63, 3.8) is 0 Å². The molecular weight excluding hydrogens is 330 g/mol. The maximum Gasteiger partial charge on any atom is 0.251 e. The summed E-state index contributed by atoms with van der Waals surface area (Å²) < 4.78 is 5.52. The molecular formula is C20H27N3O3. The van der Waals surface area contributed by atoms with Gasteiger partial charge in [0.2, 0.25) is 5.91 Å². The molecule has 2 amide bonds. The number of nitrogens with one attached hydrogen (secondary N) is 2. The van der Waals surface area contributed by atoms with Crippen LogP contribution in [0, 0.1) is 0 Å². The molecule has 0 aliphatic heterocycles. The van der Waals surface area contributed by atoms with Crippen LogP contribution in [0.3, 0.4) is 0 Å². The van der Waals surface area contributed by atoms with E-state index in [1.54, 1.807) is 18.4 Å². The first-order valence-corrected chi connectivity index (χ1v) is 9.03. The molecule has 140 valence electrons. The Labute approximate surface area is 154 Å². The first kappa shape index (κ1) is 19.7. The zero-order chi connectivity index (χ0) is 18.8. The van der Waals surface area contributed by atoms with Gasteiger partial charge in [0.1, 0.15) is 5.76 Å². The lowest BCUT2D eigenvalue weighted by atomic mass is 10.1. The molecule has 1 unspecified atom stereocenters. The molecule has 1 heterocycles. The fourth-order valence-corrected chi connectivity index (χ4v) is 2.83. The van der Waals surface area contributed by atoms with Crippen molar-refractivity contribution in [3.05, 3.63) is 60.1 Å². The monoisotopic (exact) mass is 357 g/mol. The highest BCUT2D eigenvalue weighted by Crippen LogP contribution is 2.20. The van der Waals surface area contributed by atoms with E-state index in [0.29, 0.717) is 18.7 Å². The van der Waals surface area contributed by atoms with Crippen molar-refractivity contribution in [2.45, 2.75) is 26.3 Å². The predicted octanol–water partition coefficient (Wildman–Crippen LogP) is 2.60.